The lowest BCUT2D eigenvalue weighted by molar-refractivity contribution is -0.109. The van der Waals surface area contributed by atoms with Gasteiger partial charge >= 0.3 is 0 Å². The van der Waals surface area contributed by atoms with Crippen LogP contribution in [0.25, 0.3) is 33.3 Å². The van der Waals surface area contributed by atoms with Crippen molar-refractivity contribution in [3.63, 3.8) is 0 Å². The number of rotatable bonds is 5. The molecule has 1 aromatic carbocycles. The Morgan fingerprint density at radius 2 is 1.94 bits per heavy atom. The van der Waals surface area contributed by atoms with Gasteiger partial charge in [0.05, 0.1) is 29.9 Å². The van der Waals surface area contributed by atoms with Crippen LogP contribution in [0.1, 0.15) is 28.7 Å². The number of carbonyl (C=O) groups excluding carboxylic acids is 1. The Labute approximate surface area is 179 Å². The number of aromatic nitrogens is 3. The van der Waals surface area contributed by atoms with Crippen LogP contribution in [0.5, 0.6) is 0 Å². The molecule has 5 rings (SSSR count). The van der Waals surface area contributed by atoms with E-state index in [0.717, 1.165) is 64.5 Å². The summed E-state index contributed by atoms with van der Waals surface area (Å²) in [5.41, 5.74) is 12.7. The summed E-state index contributed by atoms with van der Waals surface area (Å²) < 4.78 is 13.1. The molecule has 7 heteroatoms. The third-order valence-corrected chi connectivity index (χ3v) is 5.97. The molecule has 1 amide bonds. The fourth-order valence-electron chi connectivity index (χ4n) is 4.31. The zero-order valence-corrected chi connectivity index (χ0v) is 17.8. The Bertz CT molecular complexity index is 1280. The topological polar surface area (TPSA) is 96.2 Å². The third-order valence-electron chi connectivity index (χ3n) is 5.97. The standard InChI is InChI=1S/C24H24N4O3/c1-14-21(15(2)31-27-14)18-8-20-22(26-9-18)19(10-28(20)11-24(3)12-30-13-24)16-4-6-17(7-5-16)23(25)29/h4-10H,11-13H2,1-3H3,(H2,25,29). The highest BCUT2D eigenvalue weighted by atomic mass is 16.5. The van der Waals surface area contributed by atoms with Crippen molar-refractivity contribution in [3.8, 4) is 22.3 Å². The minimum Gasteiger partial charge on any atom is -0.380 e. The van der Waals surface area contributed by atoms with Crippen molar-refractivity contribution in [1.82, 2.24) is 14.7 Å². The van der Waals surface area contributed by atoms with Gasteiger partial charge in [0.1, 0.15) is 5.76 Å². The largest absolute Gasteiger partial charge is 0.380 e. The highest BCUT2D eigenvalue weighted by Crippen LogP contribution is 2.37. The normalized spacial score (nSPS) is 15.2. The van der Waals surface area contributed by atoms with E-state index in [1.165, 1.54) is 0 Å². The van der Waals surface area contributed by atoms with Crippen molar-refractivity contribution in [1.29, 1.82) is 0 Å². The third kappa shape index (κ3) is 3.31. The average Bonchev–Trinajstić information content (AvgIpc) is 3.26. The predicted octanol–water partition coefficient (Wildman–Crippen LogP) is 4.11. The van der Waals surface area contributed by atoms with Gasteiger partial charge in [0.15, 0.2) is 0 Å². The first-order valence-corrected chi connectivity index (χ1v) is 10.2. The SMILES string of the molecule is Cc1noc(C)c1-c1cnc2c(-c3ccc(C(N)=O)cc3)cn(CC3(C)COC3)c2c1. The van der Waals surface area contributed by atoms with E-state index in [1.54, 1.807) is 12.1 Å². The van der Waals surface area contributed by atoms with E-state index < -0.39 is 5.91 Å². The Morgan fingerprint density at radius 3 is 2.52 bits per heavy atom. The number of aryl methyl sites for hydroxylation is 2. The van der Waals surface area contributed by atoms with Crippen LogP contribution in [-0.4, -0.2) is 33.8 Å². The van der Waals surface area contributed by atoms with E-state index in [0.29, 0.717) is 5.56 Å². The van der Waals surface area contributed by atoms with Crippen LogP contribution < -0.4 is 5.73 Å². The summed E-state index contributed by atoms with van der Waals surface area (Å²) in [7, 11) is 0. The molecule has 0 atom stereocenters. The first-order chi connectivity index (χ1) is 14.8. The zero-order valence-electron chi connectivity index (χ0n) is 17.8. The number of hydrogen-bond acceptors (Lipinski definition) is 5. The number of hydrogen-bond donors (Lipinski definition) is 1. The Hall–Kier alpha value is -3.45. The lowest BCUT2D eigenvalue weighted by Crippen LogP contribution is -2.42. The average molecular weight is 416 g/mol. The molecule has 0 spiro atoms. The molecular formula is C24H24N4O3. The van der Waals surface area contributed by atoms with Gasteiger partial charge < -0.3 is 19.6 Å². The van der Waals surface area contributed by atoms with Gasteiger partial charge in [-0.05, 0) is 37.6 Å². The van der Waals surface area contributed by atoms with Crippen molar-refractivity contribution in [2.75, 3.05) is 13.2 Å². The van der Waals surface area contributed by atoms with Crippen molar-refractivity contribution in [2.45, 2.75) is 27.3 Å². The van der Waals surface area contributed by atoms with Gasteiger partial charge in [0, 0.05) is 46.6 Å². The lowest BCUT2D eigenvalue weighted by atomic mass is 9.88. The summed E-state index contributed by atoms with van der Waals surface area (Å²) in [4.78, 5) is 16.3. The van der Waals surface area contributed by atoms with Crippen LogP contribution in [0.2, 0.25) is 0 Å². The molecule has 158 valence electrons. The molecular weight excluding hydrogens is 392 g/mol. The molecule has 0 unspecified atom stereocenters. The summed E-state index contributed by atoms with van der Waals surface area (Å²) in [6, 6.07) is 9.48. The van der Waals surface area contributed by atoms with Gasteiger partial charge in [-0.1, -0.05) is 24.2 Å². The molecule has 3 aromatic heterocycles. The second-order valence-electron chi connectivity index (χ2n) is 8.71. The van der Waals surface area contributed by atoms with Crippen LogP contribution in [-0.2, 0) is 11.3 Å². The van der Waals surface area contributed by atoms with Crippen LogP contribution in [0.3, 0.4) is 0 Å². The Kier molecular flexibility index (Phi) is 4.44. The summed E-state index contributed by atoms with van der Waals surface area (Å²) >= 11 is 0. The van der Waals surface area contributed by atoms with E-state index in [2.05, 4.69) is 28.9 Å². The number of carbonyl (C=O) groups is 1. The molecule has 1 aliphatic heterocycles. The highest BCUT2D eigenvalue weighted by Gasteiger charge is 2.34. The molecule has 0 bridgehead atoms. The summed E-state index contributed by atoms with van der Waals surface area (Å²) in [6.45, 7) is 8.40. The van der Waals surface area contributed by atoms with Crippen LogP contribution in [0.4, 0.5) is 0 Å². The van der Waals surface area contributed by atoms with Crippen LogP contribution in [0, 0.1) is 19.3 Å². The lowest BCUT2D eigenvalue weighted by Gasteiger charge is -2.38. The van der Waals surface area contributed by atoms with Crippen molar-refractivity contribution in [2.24, 2.45) is 11.1 Å². The van der Waals surface area contributed by atoms with Crippen LogP contribution in [0.15, 0.2) is 47.2 Å². The van der Waals surface area contributed by atoms with Crippen molar-refractivity contribution >= 4 is 16.9 Å². The minimum atomic E-state index is -0.436. The summed E-state index contributed by atoms with van der Waals surface area (Å²) in [6.07, 6.45) is 4.01. The monoisotopic (exact) mass is 416 g/mol. The highest BCUT2D eigenvalue weighted by molar-refractivity contribution is 5.97. The zero-order chi connectivity index (χ0) is 21.8. The Morgan fingerprint density at radius 1 is 1.19 bits per heavy atom. The predicted molar refractivity (Wildman–Crippen MR) is 118 cm³/mol. The molecule has 0 aliphatic carbocycles. The molecule has 2 N–H and O–H groups in total. The number of fused-ring (bicyclic) bond motifs is 1. The van der Waals surface area contributed by atoms with E-state index in [1.807, 2.05) is 32.2 Å². The number of pyridine rings is 1. The van der Waals surface area contributed by atoms with Gasteiger partial charge in [0.25, 0.3) is 0 Å². The molecule has 0 radical (unpaired) electrons. The minimum absolute atomic E-state index is 0.0953. The maximum atomic E-state index is 11.4. The number of benzene rings is 1. The summed E-state index contributed by atoms with van der Waals surface area (Å²) in [5, 5.41) is 4.09. The summed E-state index contributed by atoms with van der Waals surface area (Å²) in [5.74, 6) is 0.340. The van der Waals surface area contributed by atoms with Gasteiger partial charge in [-0.25, -0.2) is 0 Å². The number of primary amides is 1. The van der Waals surface area contributed by atoms with E-state index in [9.17, 15) is 4.79 Å². The quantitative estimate of drug-likeness (QED) is 0.528. The molecule has 1 saturated heterocycles. The molecule has 0 saturated carbocycles. The van der Waals surface area contributed by atoms with Gasteiger partial charge in [-0.3, -0.25) is 9.78 Å². The number of amides is 1. The maximum Gasteiger partial charge on any atom is 0.248 e. The van der Waals surface area contributed by atoms with Gasteiger partial charge in [-0.2, -0.15) is 0 Å². The van der Waals surface area contributed by atoms with E-state index in [4.69, 9.17) is 20.0 Å². The first kappa shape index (κ1) is 19.5. The Balaban J connectivity index is 1.67. The number of ether oxygens (including phenoxy) is 1. The molecule has 1 fully saturated rings. The number of nitrogens with two attached hydrogens (primary N) is 1. The fourth-order valence-corrected chi connectivity index (χ4v) is 4.31. The molecule has 4 heterocycles. The van der Waals surface area contributed by atoms with Crippen molar-refractivity contribution < 1.29 is 14.1 Å². The molecule has 31 heavy (non-hydrogen) atoms. The maximum absolute atomic E-state index is 11.4. The fraction of sp³-hybridized carbons (Fsp3) is 0.292. The molecule has 7 nitrogen and oxygen atoms in total. The van der Waals surface area contributed by atoms with Gasteiger partial charge in [0.2, 0.25) is 5.91 Å². The second kappa shape index (κ2) is 7.06. The second-order valence-corrected chi connectivity index (χ2v) is 8.71. The van der Waals surface area contributed by atoms with Gasteiger partial charge in [-0.15, -0.1) is 0 Å². The van der Waals surface area contributed by atoms with Crippen LogP contribution >= 0.6 is 0 Å². The first-order valence-electron chi connectivity index (χ1n) is 10.2. The van der Waals surface area contributed by atoms with E-state index >= 15 is 0 Å². The van der Waals surface area contributed by atoms with Crippen molar-refractivity contribution in [3.05, 3.63) is 59.7 Å². The smallest absolute Gasteiger partial charge is 0.248 e. The number of nitrogens with zero attached hydrogens (tertiary/aromatic N) is 3. The molecule has 4 aromatic rings. The molecule has 1 aliphatic rings. The van der Waals surface area contributed by atoms with E-state index in [-0.39, 0.29) is 5.41 Å².